The lowest BCUT2D eigenvalue weighted by Crippen LogP contribution is -2.58. The average Bonchev–Trinajstić information content (AvgIpc) is 3.23. The van der Waals surface area contributed by atoms with Crippen LogP contribution in [0.2, 0.25) is 0 Å². The van der Waals surface area contributed by atoms with Crippen molar-refractivity contribution in [1.82, 2.24) is 5.32 Å². The minimum Gasteiger partial charge on any atom is -0.462 e. The van der Waals surface area contributed by atoms with Crippen molar-refractivity contribution in [2.75, 3.05) is 13.2 Å². The van der Waals surface area contributed by atoms with Crippen molar-refractivity contribution in [1.29, 1.82) is 0 Å². The third-order valence-electron chi connectivity index (χ3n) is 12.0. The fraction of sp³-hybridized carbons (Fsp3) is 0.935. The summed E-state index contributed by atoms with van der Waals surface area (Å²) < 4.78 is 5.94. The van der Waals surface area contributed by atoms with Crippen LogP contribution in [0.15, 0.2) is 0 Å². The number of nitrogens with one attached hydrogen (secondary N) is 1. The number of rotatable bonds is 9. The van der Waals surface area contributed by atoms with Crippen molar-refractivity contribution in [3.8, 4) is 0 Å². The molecule has 9 unspecified atom stereocenters. The van der Waals surface area contributed by atoms with Gasteiger partial charge in [0.25, 0.3) is 0 Å². The first-order valence-electron chi connectivity index (χ1n) is 15.3. The van der Waals surface area contributed by atoms with Gasteiger partial charge in [0.1, 0.15) is 6.10 Å². The third kappa shape index (κ3) is 5.48. The molecule has 6 heteroatoms. The second kappa shape index (κ2) is 11.5. The van der Waals surface area contributed by atoms with E-state index in [0.717, 1.165) is 38.5 Å². The Morgan fingerprint density at radius 2 is 1.73 bits per heavy atom. The van der Waals surface area contributed by atoms with Crippen molar-refractivity contribution in [2.24, 2.45) is 52.3 Å². The predicted molar refractivity (Wildman–Crippen MR) is 144 cm³/mol. The van der Waals surface area contributed by atoms with Gasteiger partial charge in [-0.25, -0.2) is 0 Å². The molecule has 4 aliphatic rings. The molecule has 6 nitrogen and oxygen atoms in total. The minimum absolute atomic E-state index is 0.00321. The van der Waals surface area contributed by atoms with Crippen LogP contribution in [0.5, 0.6) is 0 Å². The maximum absolute atomic E-state index is 12.4. The van der Waals surface area contributed by atoms with Crippen molar-refractivity contribution >= 4 is 11.9 Å². The molecule has 3 N–H and O–H groups in total. The molecule has 0 heterocycles. The number of aliphatic hydroxyl groups is 2. The Bertz CT molecular complexity index is 817. The van der Waals surface area contributed by atoms with Crippen LogP contribution in [-0.2, 0) is 14.3 Å². The van der Waals surface area contributed by atoms with Gasteiger partial charge in [-0.15, -0.1) is 0 Å². The second-order valence-corrected chi connectivity index (χ2v) is 13.8. The molecule has 11 atom stereocenters. The summed E-state index contributed by atoms with van der Waals surface area (Å²) in [6.45, 7) is 11.6. The molecule has 0 aromatic heterocycles. The van der Waals surface area contributed by atoms with Gasteiger partial charge in [-0.05, 0) is 111 Å². The van der Waals surface area contributed by atoms with Crippen LogP contribution in [0.3, 0.4) is 0 Å². The number of hydrogen-bond acceptors (Lipinski definition) is 5. The van der Waals surface area contributed by atoms with Crippen molar-refractivity contribution in [3.05, 3.63) is 0 Å². The van der Waals surface area contributed by atoms with E-state index in [1.165, 1.54) is 25.7 Å². The molecule has 4 aliphatic carbocycles. The summed E-state index contributed by atoms with van der Waals surface area (Å²) in [4.78, 5) is 24.6. The summed E-state index contributed by atoms with van der Waals surface area (Å²) >= 11 is 0. The number of aliphatic hydroxyl groups excluding tert-OH is 2. The lowest BCUT2D eigenvalue weighted by Gasteiger charge is -2.62. The summed E-state index contributed by atoms with van der Waals surface area (Å²) in [5.41, 5.74) is 0.453. The van der Waals surface area contributed by atoms with Gasteiger partial charge in [-0.2, -0.15) is 0 Å². The standard InChI is InChI=1S/C31H53NO5/c1-6-19(2)29(36)37-22-11-13-30(4)21(17-22)18-26(34)28-24-9-8-23(31(24,5)14-12-25(28)30)20(3)7-10-27(35)32-15-16-33/h19-26,28,33-34H,6-18H2,1-5H3,(H,32,35)/t19?,20?,21?,22?,23?,24?,25?,26?,28?,30-,31+/m0/s1. The first-order chi connectivity index (χ1) is 17.5. The number of ether oxygens (including phenoxy) is 1. The largest absolute Gasteiger partial charge is 0.462 e. The molecule has 37 heavy (non-hydrogen) atoms. The van der Waals surface area contributed by atoms with E-state index < -0.39 is 0 Å². The molecule has 4 rings (SSSR count). The summed E-state index contributed by atoms with van der Waals surface area (Å²) in [6.07, 6.45) is 10.5. The van der Waals surface area contributed by atoms with Crippen LogP contribution in [0, 0.1) is 52.3 Å². The predicted octanol–water partition coefficient (Wildman–Crippen LogP) is 5.10. The lowest BCUT2D eigenvalue weighted by atomic mass is 9.43. The summed E-state index contributed by atoms with van der Waals surface area (Å²) in [7, 11) is 0. The third-order valence-corrected chi connectivity index (χ3v) is 12.0. The first-order valence-corrected chi connectivity index (χ1v) is 15.3. The van der Waals surface area contributed by atoms with Crippen LogP contribution in [0.25, 0.3) is 0 Å². The Morgan fingerprint density at radius 1 is 1.03 bits per heavy atom. The Hall–Kier alpha value is -1.14. The van der Waals surface area contributed by atoms with Crippen LogP contribution >= 0.6 is 0 Å². The topological polar surface area (TPSA) is 95.9 Å². The molecule has 0 radical (unpaired) electrons. The Balaban J connectivity index is 1.42. The van der Waals surface area contributed by atoms with E-state index in [4.69, 9.17) is 9.84 Å². The molecule has 212 valence electrons. The van der Waals surface area contributed by atoms with E-state index in [9.17, 15) is 14.7 Å². The van der Waals surface area contributed by atoms with Gasteiger partial charge < -0.3 is 20.3 Å². The molecule has 0 bridgehead atoms. The smallest absolute Gasteiger partial charge is 0.308 e. The highest BCUT2D eigenvalue weighted by Crippen LogP contribution is 2.68. The van der Waals surface area contributed by atoms with Crippen molar-refractivity contribution in [3.63, 3.8) is 0 Å². The van der Waals surface area contributed by atoms with Crippen LogP contribution < -0.4 is 5.32 Å². The number of esters is 1. The van der Waals surface area contributed by atoms with Gasteiger partial charge in [-0.1, -0.05) is 34.6 Å². The maximum atomic E-state index is 12.4. The number of amides is 1. The molecule has 0 aromatic rings. The number of carbonyl (C=O) groups is 2. The molecule has 0 saturated heterocycles. The fourth-order valence-electron chi connectivity index (χ4n) is 9.56. The normalized spacial score (nSPS) is 42.6. The van der Waals surface area contributed by atoms with Crippen LogP contribution in [0.1, 0.15) is 105 Å². The van der Waals surface area contributed by atoms with E-state index in [2.05, 4.69) is 26.1 Å². The zero-order valence-electron chi connectivity index (χ0n) is 24.0. The molecular formula is C31H53NO5. The summed E-state index contributed by atoms with van der Waals surface area (Å²) in [5, 5.41) is 23.4. The molecule has 1 amide bonds. The highest BCUT2D eigenvalue weighted by atomic mass is 16.5. The maximum Gasteiger partial charge on any atom is 0.308 e. The average molecular weight is 520 g/mol. The Kier molecular flexibility index (Phi) is 9.00. The van der Waals surface area contributed by atoms with E-state index in [-0.39, 0.29) is 47.4 Å². The second-order valence-electron chi connectivity index (χ2n) is 13.8. The van der Waals surface area contributed by atoms with Gasteiger partial charge in [0, 0.05) is 13.0 Å². The number of carbonyl (C=O) groups excluding carboxylic acids is 2. The molecule has 0 spiro atoms. The first kappa shape index (κ1) is 28.9. The molecule has 4 fully saturated rings. The van der Waals surface area contributed by atoms with Gasteiger partial charge in [0.2, 0.25) is 5.91 Å². The van der Waals surface area contributed by atoms with E-state index in [1.807, 2.05) is 13.8 Å². The molecule has 0 aliphatic heterocycles. The summed E-state index contributed by atoms with van der Waals surface area (Å²) in [5.74, 6) is 2.89. The highest BCUT2D eigenvalue weighted by molar-refractivity contribution is 5.75. The van der Waals surface area contributed by atoms with E-state index >= 15 is 0 Å². The van der Waals surface area contributed by atoms with Crippen molar-refractivity contribution in [2.45, 2.75) is 117 Å². The number of fused-ring (bicyclic) bond motifs is 5. The van der Waals surface area contributed by atoms with E-state index in [0.29, 0.717) is 48.5 Å². The fourth-order valence-corrected chi connectivity index (χ4v) is 9.56. The van der Waals surface area contributed by atoms with Crippen molar-refractivity contribution < 1.29 is 24.5 Å². The van der Waals surface area contributed by atoms with Gasteiger partial charge in [0.05, 0.1) is 18.6 Å². The molecule has 4 saturated carbocycles. The minimum atomic E-state index is -0.268. The monoisotopic (exact) mass is 519 g/mol. The zero-order valence-corrected chi connectivity index (χ0v) is 24.0. The number of hydrogen-bond donors (Lipinski definition) is 3. The SMILES string of the molecule is CCC(C)C(=O)OC1CC[C@@]2(C)C(C1)CC(O)C1C3CCC(C(C)CCC(=O)NCCO)[C@@]3(C)CCC12. The summed E-state index contributed by atoms with van der Waals surface area (Å²) in [6, 6.07) is 0. The van der Waals surface area contributed by atoms with Crippen LogP contribution in [-0.4, -0.2) is 47.4 Å². The highest BCUT2D eigenvalue weighted by Gasteiger charge is 2.63. The Morgan fingerprint density at radius 3 is 2.43 bits per heavy atom. The zero-order chi connectivity index (χ0) is 27.0. The van der Waals surface area contributed by atoms with Gasteiger partial charge >= 0.3 is 5.97 Å². The lowest BCUT2D eigenvalue weighted by molar-refractivity contribution is -0.184. The van der Waals surface area contributed by atoms with E-state index in [1.54, 1.807) is 0 Å². The van der Waals surface area contributed by atoms with Gasteiger partial charge in [0.15, 0.2) is 0 Å². The quantitative estimate of drug-likeness (QED) is 0.369. The molecular weight excluding hydrogens is 466 g/mol. The molecule has 0 aromatic carbocycles. The van der Waals surface area contributed by atoms with Crippen LogP contribution in [0.4, 0.5) is 0 Å². The van der Waals surface area contributed by atoms with Gasteiger partial charge in [-0.3, -0.25) is 9.59 Å². The Labute approximate surface area is 224 Å².